The molecule has 0 aromatic carbocycles. The number of Topliss-reactive ketones (excluding diaryl/α,β-unsaturated/α-hetero) is 1. The van der Waals surface area contributed by atoms with Crippen LogP contribution in [0.1, 0.15) is 119 Å². The Morgan fingerprint density at radius 1 is 0.825 bits per heavy atom. The molecule has 0 aromatic rings. The van der Waals surface area contributed by atoms with Crippen molar-refractivity contribution in [3.63, 3.8) is 0 Å². The first-order valence-corrected chi connectivity index (χ1v) is 17.0. The molecule has 5 nitrogen and oxygen atoms in total. The Hall–Kier alpha value is -0.940. The van der Waals surface area contributed by atoms with Crippen LogP contribution in [0.3, 0.4) is 0 Å². The highest BCUT2D eigenvalue weighted by Crippen LogP contribution is 2.77. The minimum Gasteiger partial charge on any atom is -0.393 e. The molecule has 1 amide bonds. The molecule has 0 bridgehead atoms. The van der Waals surface area contributed by atoms with Gasteiger partial charge in [0, 0.05) is 19.0 Å². The number of carbonyl (C=O) groups excluding carboxylic acids is 2. The van der Waals surface area contributed by atoms with Crippen LogP contribution in [0, 0.1) is 56.7 Å². The number of aliphatic hydroxyl groups is 1. The lowest BCUT2D eigenvalue weighted by Gasteiger charge is -2.72. The summed E-state index contributed by atoms with van der Waals surface area (Å²) in [4.78, 5) is 29.8. The van der Waals surface area contributed by atoms with Gasteiger partial charge in [0.2, 0.25) is 5.91 Å². The average molecular weight is 555 g/mol. The zero-order chi connectivity index (χ0) is 28.7. The van der Waals surface area contributed by atoms with Gasteiger partial charge in [-0.1, -0.05) is 34.6 Å². The summed E-state index contributed by atoms with van der Waals surface area (Å²) in [6.07, 6.45) is 13.0. The maximum absolute atomic E-state index is 14.2. The first-order chi connectivity index (χ1) is 18.8. The third kappa shape index (κ3) is 3.91. The van der Waals surface area contributed by atoms with E-state index in [4.69, 9.17) is 0 Å². The van der Waals surface area contributed by atoms with Gasteiger partial charge in [-0.3, -0.25) is 9.59 Å². The van der Waals surface area contributed by atoms with Crippen molar-refractivity contribution in [3.05, 3.63) is 0 Å². The Bertz CT molecular complexity index is 1020. The second kappa shape index (κ2) is 9.79. The van der Waals surface area contributed by atoms with Crippen molar-refractivity contribution in [1.82, 2.24) is 10.2 Å². The topological polar surface area (TPSA) is 69.6 Å². The molecular weight excluding hydrogens is 496 g/mol. The van der Waals surface area contributed by atoms with Crippen molar-refractivity contribution >= 4 is 11.7 Å². The van der Waals surface area contributed by atoms with Gasteiger partial charge in [0.15, 0.2) is 0 Å². The van der Waals surface area contributed by atoms with Crippen molar-refractivity contribution in [2.24, 2.45) is 56.7 Å². The summed E-state index contributed by atoms with van der Waals surface area (Å²) in [6, 6.07) is 0. The van der Waals surface area contributed by atoms with Crippen LogP contribution in [0.4, 0.5) is 0 Å². The molecule has 10 atom stereocenters. The molecule has 1 aliphatic heterocycles. The van der Waals surface area contributed by atoms with Gasteiger partial charge in [0.1, 0.15) is 5.78 Å². The summed E-state index contributed by atoms with van der Waals surface area (Å²) in [5.74, 6) is 2.42. The molecule has 1 saturated heterocycles. The number of fused-ring (bicyclic) bond motifs is 7. The van der Waals surface area contributed by atoms with E-state index in [1.807, 2.05) is 0 Å². The standard InChI is InChI=1S/C35H58N2O3/c1-23(38)24-11-16-35(30(40)36-19-22-37-20-7-8-21-37)18-17-33(5)25(29(24)35)9-10-27-32(4)14-13-28(39)31(2,3)26(32)12-15-34(27,33)6/h24-29,39H,7-22H2,1-6H3,(H,36,40)/t24-,25+,26-,27+,28-,29+,32-,33+,34+,35-/m0/s1. The number of likely N-dealkylation sites (tertiary alicyclic amines) is 1. The molecular formula is C35H58N2O3. The SMILES string of the molecule is CC(=O)[C@@H]1CC[C@]2(C(=O)NCCN3CCCC3)CC[C@]3(C)[C@H](CC[C@@H]4[C@@]5(C)CC[C@H](O)C(C)(C)[C@@H]5CC[C@]43C)[C@@H]12. The van der Waals surface area contributed by atoms with Gasteiger partial charge in [0.05, 0.1) is 11.5 Å². The summed E-state index contributed by atoms with van der Waals surface area (Å²) in [7, 11) is 0. The molecule has 0 aromatic heterocycles. The van der Waals surface area contributed by atoms with E-state index in [1.54, 1.807) is 6.92 Å². The number of nitrogens with zero attached hydrogens (tertiary/aromatic N) is 1. The monoisotopic (exact) mass is 554 g/mol. The highest BCUT2D eigenvalue weighted by molar-refractivity contribution is 5.87. The fourth-order valence-corrected chi connectivity index (χ4v) is 12.9. The minimum atomic E-state index is -0.368. The van der Waals surface area contributed by atoms with Gasteiger partial charge in [-0.05, 0) is 142 Å². The molecule has 6 aliphatic rings. The lowest BCUT2D eigenvalue weighted by atomic mass is 9.32. The van der Waals surface area contributed by atoms with E-state index < -0.39 is 0 Å². The average Bonchev–Trinajstić information content (AvgIpc) is 3.56. The lowest BCUT2D eigenvalue weighted by Crippen LogP contribution is -2.67. The summed E-state index contributed by atoms with van der Waals surface area (Å²) < 4.78 is 0. The molecule has 2 N–H and O–H groups in total. The fraction of sp³-hybridized carbons (Fsp3) is 0.943. The fourth-order valence-electron chi connectivity index (χ4n) is 12.9. The highest BCUT2D eigenvalue weighted by atomic mass is 16.3. The number of amides is 1. The number of hydrogen-bond acceptors (Lipinski definition) is 4. The second-order valence-electron chi connectivity index (χ2n) is 16.8. The summed E-state index contributed by atoms with van der Waals surface area (Å²) >= 11 is 0. The molecule has 5 aliphatic carbocycles. The quantitative estimate of drug-likeness (QED) is 0.423. The van der Waals surface area contributed by atoms with Crippen LogP contribution in [0.15, 0.2) is 0 Å². The largest absolute Gasteiger partial charge is 0.393 e. The van der Waals surface area contributed by atoms with Gasteiger partial charge in [0.25, 0.3) is 0 Å². The molecule has 5 saturated carbocycles. The Labute approximate surface area is 244 Å². The third-order valence-corrected chi connectivity index (χ3v) is 15.3. The molecule has 0 unspecified atom stereocenters. The number of rotatable bonds is 5. The Balaban J connectivity index is 1.30. The van der Waals surface area contributed by atoms with Gasteiger partial charge < -0.3 is 15.3 Å². The van der Waals surface area contributed by atoms with Crippen molar-refractivity contribution < 1.29 is 14.7 Å². The van der Waals surface area contributed by atoms with Gasteiger partial charge in [-0.2, -0.15) is 0 Å². The Morgan fingerprint density at radius 3 is 2.25 bits per heavy atom. The molecule has 0 radical (unpaired) electrons. The predicted octanol–water partition coefficient (Wildman–Crippen LogP) is 6.23. The van der Waals surface area contributed by atoms with Crippen LogP contribution in [-0.2, 0) is 9.59 Å². The number of nitrogens with one attached hydrogen (secondary N) is 1. The normalized spacial score (nSPS) is 49.9. The number of aliphatic hydroxyl groups excluding tert-OH is 1. The Morgan fingerprint density at radius 2 is 1.55 bits per heavy atom. The molecule has 0 spiro atoms. The highest BCUT2D eigenvalue weighted by Gasteiger charge is 2.72. The van der Waals surface area contributed by atoms with E-state index in [1.165, 1.54) is 32.1 Å². The lowest BCUT2D eigenvalue weighted by molar-refractivity contribution is -0.246. The first-order valence-electron chi connectivity index (χ1n) is 17.0. The summed E-state index contributed by atoms with van der Waals surface area (Å²) in [5.41, 5.74) is 0.202. The molecule has 1 heterocycles. The van der Waals surface area contributed by atoms with Crippen molar-refractivity contribution in [3.8, 4) is 0 Å². The van der Waals surface area contributed by atoms with Crippen LogP contribution in [0.25, 0.3) is 0 Å². The second-order valence-corrected chi connectivity index (χ2v) is 16.8. The number of hydrogen-bond donors (Lipinski definition) is 2. The molecule has 6 fully saturated rings. The van der Waals surface area contributed by atoms with E-state index in [2.05, 4.69) is 44.8 Å². The van der Waals surface area contributed by atoms with Crippen LogP contribution in [0.5, 0.6) is 0 Å². The van der Waals surface area contributed by atoms with Gasteiger partial charge in [-0.25, -0.2) is 0 Å². The third-order valence-electron chi connectivity index (χ3n) is 15.3. The molecule has 5 heteroatoms. The van der Waals surface area contributed by atoms with Crippen molar-refractivity contribution in [2.75, 3.05) is 26.2 Å². The smallest absolute Gasteiger partial charge is 0.226 e. The van der Waals surface area contributed by atoms with Gasteiger partial charge in [-0.15, -0.1) is 0 Å². The van der Waals surface area contributed by atoms with Crippen LogP contribution in [-0.4, -0.2) is 54.0 Å². The van der Waals surface area contributed by atoms with Crippen LogP contribution < -0.4 is 5.32 Å². The van der Waals surface area contributed by atoms with E-state index in [9.17, 15) is 14.7 Å². The van der Waals surface area contributed by atoms with Crippen molar-refractivity contribution in [2.45, 2.75) is 125 Å². The molecule has 6 rings (SSSR count). The predicted molar refractivity (Wildman–Crippen MR) is 160 cm³/mol. The zero-order valence-corrected chi connectivity index (χ0v) is 26.5. The summed E-state index contributed by atoms with van der Waals surface area (Å²) in [5, 5.41) is 14.4. The van der Waals surface area contributed by atoms with Crippen LogP contribution >= 0.6 is 0 Å². The molecule has 40 heavy (non-hydrogen) atoms. The van der Waals surface area contributed by atoms with E-state index >= 15 is 0 Å². The first kappa shape index (κ1) is 29.1. The van der Waals surface area contributed by atoms with E-state index in [0.29, 0.717) is 23.5 Å². The van der Waals surface area contributed by atoms with E-state index in [0.717, 1.165) is 71.1 Å². The number of carbonyl (C=O) groups is 2. The maximum atomic E-state index is 14.2. The summed E-state index contributed by atoms with van der Waals surface area (Å²) in [6.45, 7) is 18.2. The molecule has 226 valence electrons. The van der Waals surface area contributed by atoms with Gasteiger partial charge >= 0.3 is 0 Å². The van der Waals surface area contributed by atoms with Crippen LogP contribution in [0.2, 0.25) is 0 Å². The maximum Gasteiger partial charge on any atom is 0.226 e. The number of ketones is 1. The minimum absolute atomic E-state index is 0.0322. The van der Waals surface area contributed by atoms with E-state index in [-0.39, 0.29) is 50.9 Å². The van der Waals surface area contributed by atoms with Crippen molar-refractivity contribution in [1.29, 1.82) is 0 Å². The Kier molecular flexibility index (Phi) is 7.14. The zero-order valence-electron chi connectivity index (χ0n) is 26.5.